The van der Waals surface area contributed by atoms with Gasteiger partial charge in [0.05, 0.1) is 13.2 Å². The normalized spacial score (nSPS) is 24.0. The Balaban J connectivity index is 1.43. The fourth-order valence-electron chi connectivity index (χ4n) is 3.80. The highest BCUT2D eigenvalue weighted by molar-refractivity contribution is 5.81. The van der Waals surface area contributed by atoms with E-state index < -0.39 is 0 Å². The van der Waals surface area contributed by atoms with Crippen LogP contribution in [0, 0.1) is 18.8 Å². The molecule has 1 aromatic rings. The maximum atomic E-state index is 12.5. The Kier molecular flexibility index (Phi) is 6.08. The Labute approximate surface area is 149 Å². The summed E-state index contributed by atoms with van der Waals surface area (Å²) in [7, 11) is 0. The van der Waals surface area contributed by atoms with Crippen LogP contribution in [0.2, 0.25) is 0 Å². The van der Waals surface area contributed by atoms with Crippen LogP contribution in [0.3, 0.4) is 0 Å². The van der Waals surface area contributed by atoms with Crippen molar-refractivity contribution in [2.45, 2.75) is 39.2 Å². The van der Waals surface area contributed by atoms with E-state index in [0.29, 0.717) is 32.8 Å². The van der Waals surface area contributed by atoms with E-state index in [-0.39, 0.29) is 23.7 Å². The molecule has 1 N–H and O–H groups in total. The molecule has 0 aromatic heterocycles. The van der Waals surface area contributed by atoms with E-state index in [2.05, 4.69) is 24.4 Å². The first kappa shape index (κ1) is 17.9. The van der Waals surface area contributed by atoms with Crippen molar-refractivity contribution in [2.75, 3.05) is 26.3 Å². The van der Waals surface area contributed by atoms with Gasteiger partial charge >= 0.3 is 0 Å². The standard InChI is InChI=1S/C20H28N2O3/c1-15-3-2-4-16(13-15)14-21-19(23)17-5-7-18(8-6-17)20(24)22-9-11-25-12-10-22/h2-4,13,17-18H,5-12,14H2,1H3,(H,21,23). The van der Waals surface area contributed by atoms with Gasteiger partial charge in [-0.3, -0.25) is 9.59 Å². The van der Waals surface area contributed by atoms with E-state index in [9.17, 15) is 9.59 Å². The number of carbonyl (C=O) groups excluding carboxylic acids is 2. The SMILES string of the molecule is Cc1cccc(CNC(=O)C2CCC(C(=O)N3CCOCC3)CC2)c1. The largest absolute Gasteiger partial charge is 0.378 e. The summed E-state index contributed by atoms with van der Waals surface area (Å²) in [5.41, 5.74) is 2.33. The molecule has 1 saturated heterocycles. The molecular formula is C20H28N2O3. The molecule has 0 bridgehead atoms. The summed E-state index contributed by atoms with van der Waals surface area (Å²) in [5.74, 6) is 0.498. The van der Waals surface area contributed by atoms with Gasteiger partial charge in [0.25, 0.3) is 0 Å². The van der Waals surface area contributed by atoms with Gasteiger partial charge in [-0.25, -0.2) is 0 Å². The zero-order chi connectivity index (χ0) is 17.6. The molecule has 1 aromatic carbocycles. The smallest absolute Gasteiger partial charge is 0.225 e. The van der Waals surface area contributed by atoms with Crippen LogP contribution in [-0.2, 0) is 20.9 Å². The molecule has 1 aliphatic heterocycles. The van der Waals surface area contributed by atoms with Gasteiger partial charge < -0.3 is 15.0 Å². The van der Waals surface area contributed by atoms with Gasteiger partial charge in [0.1, 0.15) is 0 Å². The van der Waals surface area contributed by atoms with Crippen LogP contribution in [0.25, 0.3) is 0 Å². The molecule has 3 rings (SSSR count). The van der Waals surface area contributed by atoms with Gasteiger partial charge in [-0.05, 0) is 38.2 Å². The zero-order valence-electron chi connectivity index (χ0n) is 15.0. The molecule has 25 heavy (non-hydrogen) atoms. The molecule has 2 fully saturated rings. The summed E-state index contributed by atoms with van der Waals surface area (Å²) in [6.45, 7) is 5.32. The van der Waals surface area contributed by atoms with E-state index in [1.54, 1.807) is 0 Å². The van der Waals surface area contributed by atoms with Crippen LogP contribution in [0.5, 0.6) is 0 Å². The Morgan fingerprint density at radius 3 is 2.48 bits per heavy atom. The fourth-order valence-corrected chi connectivity index (χ4v) is 3.80. The first-order valence-electron chi connectivity index (χ1n) is 9.33. The number of amides is 2. The van der Waals surface area contributed by atoms with Crippen molar-refractivity contribution in [1.82, 2.24) is 10.2 Å². The summed E-state index contributed by atoms with van der Waals surface area (Å²) in [6, 6.07) is 8.20. The molecule has 136 valence electrons. The van der Waals surface area contributed by atoms with Crippen LogP contribution in [-0.4, -0.2) is 43.0 Å². The molecule has 0 spiro atoms. The molecule has 2 aliphatic rings. The van der Waals surface area contributed by atoms with Crippen LogP contribution in [0.15, 0.2) is 24.3 Å². The second-order valence-electron chi connectivity index (χ2n) is 7.19. The average molecular weight is 344 g/mol. The summed E-state index contributed by atoms with van der Waals surface area (Å²) >= 11 is 0. The number of benzene rings is 1. The van der Waals surface area contributed by atoms with E-state index in [0.717, 1.165) is 31.2 Å². The number of aryl methyl sites for hydroxylation is 1. The van der Waals surface area contributed by atoms with Crippen molar-refractivity contribution in [3.63, 3.8) is 0 Å². The summed E-state index contributed by atoms with van der Waals surface area (Å²) in [5, 5.41) is 3.05. The molecule has 5 nitrogen and oxygen atoms in total. The summed E-state index contributed by atoms with van der Waals surface area (Å²) in [6.07, 6.45) is 3.25. The minimum Gasteiger partial charge on any atom is -0.378 e. The third kappa shape index (κ3) is 4.82. The minimum atomic E-state index is 0.0403. The molecule has 0 radical (unpaired) electrons. The molecule has 5 heteroatoms. The number of morpholine rings is 1. The molecule has 1 saturated carbocycles. The van der Waals surface area contributed by atoms with Crippen LogP contribution < -0.4 is 5.32 Å². The van der Waals surface area contributed by atoms with Crippen LogP contribution in [0.4, 0.5) is 0 Å². The van der Waals surface area contributed by atoms with Gasteiger partial charge in [0, 0.05) is 31.5 Å². The van der Waals surface area contributed by atoms with Crippen LogP contribution >= 0.6 is 0 Å². The Morgan fingerprint density at radius 2 is 1.80 bits per heavy atom. The second-order valence-corrected chi connectivity index (χ2v) is 7.19. The first-order valence-corrected chi connectivity index (χ1v) is 9.33. The molecule has 2 amide bonds. The van der Waals surface area contributed by atoms with Crippen molar-refractivity contribution in [1.29, 1.82) is 0 Å². The van der Waals surface area contributed by atoms with E-state index in [1.807, 2.05) is 17.0 Å². The lowest BCUT2D eigenvalue weighted by Crippen LogP contribution is -2.45. The molecule has 0 atom stereocenters. The molecule has 1 aliphatic carbocycles. The highest BCUT2D eigenvalue weighted by Gasteiger charge is 2.32. The molecule has 1 heterocycles. The van der Waals surface area contributed by atoms with Gasteiger partial charge in [-0.2, -0.15) is 0 Å². The summed E-state index contributed by atoms with van der Waals surface area (Å²) < 4.78 is 5.31. The highest BCUT2D eigenvalue weighted by Crippen LogP contribution is 2.30. The van der Waals surface area contributed by atoms with Gasteiger partial charge in [0.15, 0.2) is 0 Å². The average Bonchev–Trinajstić information content (AvgIpc) is 2.66. The first-order chi connectivity index (χ1) is 12.1. The van der Waals surface area contributed by atoms with Crippen LogP contribution in [0.1, 0.15) is 36.8 Å². The lowest BCUT2D eigenvalue weighted by Gasteiger charge is -2.33. The number of hydrogen-bond acceptors (Lipinski definition) is 3. The number of rotatable bonds is 4. The second kappa shape index (κ2) is 8.48. The molecule has 0 unspecified atom stereocenters. The quantitative estimate of drug-likeness (QED) is 0.912. The van der Waals surface area contributed by atoms with Crippen molar-refractivity contribution in [2.24, 2.45) is 11.8 Å². The lowest BCUT2D eigenvalue weighted by molar-refractivity contribution is -0.142. The Hall–Kier alpha value is -1.88. The van der Waals surface area contributed by atoms with E-state index >= 15 is 0 Å². The zero-order valence-corrected chi connectivity index (χ0v) is 15.0. The Bertz CT molecular complexity index is 603. The third-order valence-corrected chi connectivity index (χ3v) is 5.32. The summed E-state index contributed by atoms with van der Waals surface area (Å²) in [4.78, 5) is 26.9. The van der Waals surface area contributed by atoms with Crippen molar-refractivity contribution in [3.05, 3.63) is 35.4 Å². The maximum Gasteiger partial charge on any atom is 0.225 e. The number of ether oxygens (including phenoxy) is 1. The highest BCUT2D eigenvalue weighted by atomic mass is 16.5. The Morgan fingerprint density at radius 1 is 1.12 bits per heavy atom. The van der Waals surface area contributed by atoms with Crippen molar-refractivity contribution >= 4 is 11.8 Å². The van der Waals surface area contributed by atoms with Crippen molar-refractivity contribution in [3.8, 4) is 0 Å². The number of hydrogen-bond donors (Lipinski definition) is 1. The number of carbonyl (C=O) groups is 2. The molecular weight excluding hydrogens is 316 g/mol. The van der Waals surface area contributed by atoms with Gasteiger partial charge in [-0.15, -0.1) is 0 Å². The number of nitrogens with zero attached hydrogens (tertiary/aromatic N) is 1. The fraction of sp³-hybridized carbons (Fsp3) is 0.600. The number of nitrogens with one attached hydrogen (secondary N) is 1. The monoisotopic (exact) mass is 344 g/mol. The van der Waals surface area contributed by atoms with Crippen molar-refractivity contribution < 1.29 is 14.3 Å². The predicted octanol–water partition coefficient (Wildman–Crippen LogP) is 2.28. The topological polar surface area (TPSA) is 58.6 Å². The van der Waals surface area contributed by atoms with Gasteiger partial charge in [-0.1, -0.05) is 29.8 Å². The van der Waals surface area contributed by atoms with E-state index in [1.165, 1.54) is 5.56 Å². The van der Waals surface area contributed by atoms with E-state index in [4.69, 9.17) is 4.74 Å². The predicted molar refractivity (Wildman–Crippen MR) is 95.9 cm³/mol. The minimum absolute atomic E-state index is 0.0403. The third-order valence-electron chi connectivity index (χ3n) is 5.32. The van der Waals surface area contributed by atoms with Gasteiger partial charge in [0.2, 0.25) is 11.8 Å². The lowest BCUT2D eigenvalue weighted by atomic mass is 9.81. The maximum absolute atomic E-state index is 12.5.